The number of phenols is 1. The van der Waals surface area contributed by atoms with Crippen molar-refractivity contribution in [1.82, 2.24) is 5.01 Å². The van der Waals surface area contributed by atoms with Gasteiger partial charge in [0.2, 0.25) is 6.23 Å². The molecule has 0 saturated heterocycles. The Balaban J connectivity index is 1.61. The van der Waals surface area contributed by atoms with E-state index in [0.717, 1.165) is 31.5 Å². The molecule has 2 heterocycles. The molecule has 6 nitrogen and oxygen atoms in total. The highest BCUT2D eigenvalue weighted by Gasteiger charge is 2.42. The highest BCUT2D eigenvalue weighted by molar-refractivity contribution is 9.10. The van der Waals surface area contributed by atoms with Crippen LogP contribution in [0.3, 0.4) is 0 Å². The zero-order valence-electron chi connectivity index (χ0n) is 17.4. The van der Waals surface area contributed by atoms with Crippen LogP contribution in [0.5, 0.6) is 23.0 Å². The molecule has 2 unspecified atom stereocenters. The van der Waals surface area contributed by atoms with Gasteiger partial charge in [-0.25, -0.2) is 5.01 Å². The molecule has 2 aliphatic heterocycles. The first-order valence-corrected chi connectivity index (χ1v) is 11.6. The van der Waals surface area contributed by atoms with Gasteiger partial charge in [-0.2, -0.15) is 5.10 Å². The molecule has 3 aromatic carbocycles. The first kappa shape index (κ1) is 21.2. The van der Waals surface area contributed by atoms with Crippen molar-refractivity contribution in [2.24, 2.45) is 5.10 Å². The molecule has 0 radical (unpaired) electrons. The van der Waals surface area contributed by atoms with E-state index >= 15 is 0 Å². The number of nitrogens with zero attached hydrogens (tertiary/aromatic N) is 2. The summed E-state index contributed by atoms with van der Waals surface area (Å²) in [6.07, 6.45) is 0.122. The molecule has 3 aromatic rings. The molecule has 2 aliphatic rings. The Hall–Kier alpha value is -2.71. The summed E-state index contributed by atoms with van der Waals surface area (Å²) >= 11 is 7.08. The van der Waals surface area contributed by atoms with Gasteiger partial charge < -0.3 is 19.3 Å². The Morgan fingerprint density at radius 1 is 0.938 bits per heavy atom. The molecule has 5 rings (SSSR count). The molecule has 164 valence electrons. The largest absolute Gasteiger partial charge is 0.507 e. The average Bonchev–Trinajstić information content (AvgIpc) is 3.25. The second kappa shape index (κ2) is 8.33. The number of halogens is 2. The van der Waals surface area contributed by atoms with E-state index in [1.807, 2.05) is 41.4 Å². The molecule has 0 fully saturated rings. The van der Waals surface area contributed by atoms with Crippen LogP contribution >= 0.6 is 31.9 Å². The van der Waals surface area contributed by atoms with Crippen molar-refractivity contribution >= 4 is 37.6 Å². The van der Waals surface area contributed by atoms with Crippen LogP contribution in [0.15, 0.2) is 68.6 Å². The molecule has 2 atom stereocenters. The van der Waals surface area contributed by atoms with Crippen LogP contribution in [0.25, 0.3) is 0 Å². The first-order chi connectivity index (χ1) is 15.5. The molecule has 0 bridgehead atoms. The van der Waals surface area contributed by atoms with Crippen molar-refractivity contribution in [3.05, 3.63) is 80.2 Å². The maximum atomic E-state index is 10.6. The maximum absolute atomic E-state index is 10.6. The summed E-state index contributed by atoms with van der Waals surface area (Å²) in [6.45, 7) is 0. The van der Waals surface area contributed by atoms with E-state index in [-0.39, 0.29) is 11.8 Å². The second-order valence-corrected chi connectivity index (χ2v) is 9.40. The summed E-state index contributed by atoms with van der Waals surface area (Å²) in [5.41, 5.74) is 3.55. The fourth-order valence-corrected chi connectivity index (χ4v) is 4.93. The van der Waals surface area contributed by atoms with Gasteiger partial charge in [-0.05, 0) is 54.6 Å². The first-order valence-electron chi connectivity index (χ1n) is 10.0. The number of hydrogen-bond donors (Lipinski definition) is 1. The number of hydrazone groups is 1. The van der Waals surface area contributed by atoms with Crippen LogP contribution in [-0.4, -0.2) is 30.0 Å². The van der Waals surface area contributed by atoms with Crippen molar-refractivity contribution < 1.29 is 19.3 Å². The Morgan fingerprint density at radius 3 is 2.41 bits per heavy atom. The molecular formula is C24H20Br2N2O4. The summed E-state index contributed by atoms with van der Waals surface area (Å²) < 4.78 is 19.1. The molecule has 32 heavy (non-hydrogen) atoms. The Labute approximate surface area is 202 Å². The van der Waals surface area contributed by atoms with Gasteiger partial charge in [0.15, 0.2) is 11.5 Å². The van der Waals surface area contributed by atoms with Crippen molar-refractivity contribution in [1.29, 1.82) is 0 Å². The van der Waals surface area contributed by atoms with Crippen molar-refractivity contribution in [2.45, 2.75) is 18.7 Å². The van der Waals surface area contributed by atoms with E-state index in [1.165, 1.54) is 0 Å². The van der Waals surface area contributed by atoms with Crippen molar-refractivity contribution in [2.75, 3.05) is 14.2 Å². The van der Waals surface area contributed by atoms with E-state index < -0.39 is 6.23 Å². The summed E-state index contributed by atoms with van der Waals surface area (Å²) in [5.74, 6) is 2.26. The van der Waals surface area contributed by atoms with Crippen molar-refractivity contribution in [3.63, 3.8) is 0 Å². The summed E-state index contributed by atoms with van der Waals surface area (Å²) in [5, 5.41) is 17.5. The fourth-order valence-electron chi connectivity index (χ4n) is 4.18. The third-order valence-electron chi connectivity index (χ3n) is 5.72. The smallest absolute Gasteiger partial charge is 0.217 e. The number of rotatable bonds is 4. The lowest BCUT2D eigenvalue weighted by Crippen LogP contribution is -2.33. The molecule has 0 aromatic heterocycles. The lowest BCUT2D eigenvalue weighted by molar-refractivity contribution is -0.0204. The molecule has 0 amide bonds. The third kappa shape index (κ3) is 3.61. The monoisotopic (exact) mass is 558 g/mol. The van der Waals surface area contributed by atoms with E-state index in [2.05, 4.69) is 37.9 Å². The number of fused-ring (bicyclic) bond motifs is 3. The maximum Gasteiger partial charge on any atom is 0.217 e. The van der Waals surface area contributed by atoms with E-state index in [0.29, 0.717) is 23.5 Å². The molecule has 1 N–H and O–H groups in total. The van der Waals surface area contributed by atoms with Gasteiger partial charge in [0, 0.05) is 26.5 Å². The quantitative estimate of drug-likeness (QED) is 0.414. The van der Waals surface area contributed by atoms with Crippen LogP contribution < -0.4 is 14.2 Å². The Bertz CT molecular complexity index is 1230. The topological polar surface area (TPSA) is 63.5 Å². The molecule has 0 aliphatic carbocycles. The van der Waals surface area contributed by atoms with Gasteiger partial charge in [-0.1, -0.05) is 31.9 Å². The highest BCUT2D eigenvalue weighted by Crippen LogP contribution is 2.49. The van der Waals surface area contributed by atoms with Crippen LogP contribution in [-0.2, 0) is 0 Å². The van der Waals surface area contributed by atoms with Crippen LogP contribution in [0.1, 0.15) is 35.4 Å². The number of aromatic hydroxyl groups is 1. The van der Waals surface area contributed by atoms with Gasteiger partial charge in [0.05, 0.1) is 31.5 Å². The SMILES string of the molecule is COc1ccc(C2=NN3C(C2)c2cc(Br)ccc2OC3c2cc(Br)ccc2O)cc1OC. The molecule has 0 saturated carbocycles. The van der Waals surface area contributed by atoms with Gasteiger partial charge in [0.1, 0.15) is 11.5 Å². The Kier molecular flexibility index (Phi) is 5.51. The average molecular weight is 560 g/mol. The number of phenolic OH excluding ortho intramolecular Hbond substituents is 1. The summed E-state index contributed by atoms with van der Waals surface area (Å²) in [4.78, 5) is 0. The predicted octanol–water partition coefficient (Wildman–Crippen LogP) is 6.18. The van der Waals surface area contributed by atoms with Gasteiger partial charge >= 0.3 is 0 Å². The number of methoxy groups -OCH3 is 2. The minimum absolute atomic E-state index is 0.0391. The summed E-state index contributed by atoms with van der Waals surface area (Å²) in [6, 6.07) is 17.1. The lowest BCUT2D eigenvalue weighted by atomic mass is 9.95. The predicted molar refractivity (Wildman–Crippen MR) is 129 cm³/mol. The molecular weight excluding hydrogens is 540 g/mol. The number of hydrogen-bond acceptors (Lipinski definition) is 6. The number of ether oxygens (including phenoxy) is 3. The lowest BCUT2D eigenvalue weighted by Gasteiger charge is -2.38. The van der Waals surface area contributed by atoms with Gasteiger partial charge in [-0.3, -0.25) is 0 Å². The van der Waals surface area contributed by atoms with E-state index in [4.69, 9.17) is 19.3 Å². The summed E-state index contributed by atoms with van der Waals surface area (Å²) in [7, 11) is 3.24. The van der Waals surface area contributed by atoms with Gasteiger partial charge in [0.25, 0.3) is 0 Å². The minimum Gasteiger partial charge on any atom is -0.507 e. The van der Waals surface area contributed by atoms with Crippen LogP contribution in [0.4, 0.5) is 0 Å². The molecule has 8 heteroatoms. The zero-order chi connectivity index (χ0) is 22.4. The van der Waals surface area contributed by atoms with Crippen molar-refractivity contribution in [3.8, 4) is 23.0 Å². The van der Waals surface area contributed by atoms with Crippen LogP contribution in [0.2, 0.25) is 0 Å². The second-order valence-electron chi connectivity index (χ2n) is 7.57. The van der Waals surface area contributed by atoms with E-state index in [9.17, 15) is 5.11 Å². The highest BCUT2D eigenvalue weighted by atomic mass is 79.9. The van der Waals surface area contributed by atoms with E-state index in [1.54, 1.807) is 26.4 Å². The zero-order valence-corrected chi connectivity index (χ0v) is 20.6. The molecule has 0 spiro atoms. The number of benzene rings is 3. The standard InChI is InChI=1S/C24H20Br2N2O4/c1-30-22-7-3-13(9-23(22)31-2)18-12-19-16-10-15(26)5-8-21(16)32-24(28(19)27-18)17-11-14(25)4-6-20(17)29/h3-11,19,24,29H,12H2,1-2H3. The fraction of sp³-hybridized carbons (Fsp3) is 0.208. The minimum atomic E-state index is -0.566. The normalized spacial score (nSPS) is 19.0. The third-order valence-corrected chi connectivity index (χ3v) is 6.71. The Morgan fingerprint density at radius 2 is 1.66 bits per heavy atom. The van der Waals surface area contributed by atoms with Gasteiger partial charge in [-0.15, -0.1) is 0 Å². The van der Waals surface area contributed by atoms with Crippen LogP contribution in [0, 0.1) is 0 Å².